The molecule has 0 rings (SSSR count). The number of ether oxygens (including phenoxy) is 3. The van der Waals surface area contributed by atoms with Crippen LogP contribution in [0.5, 0.6) is 0 Å². The summed E-state index contributed by atoms with van der Waals surface area (Å²) in [6.07, 6.45) is 94.5. The van der Waals surface area contributed by atoms with Gasteiger partial charge in [0.1, 0.15) is 13.2 Å². The summed E-state index contributed by atoms with van der Waals surface area (Å²) in [7, 11) is 0. The number of esters is 3. The van der Waals surface area contributed by atoms with E-state index in [-0.39, 0.29) is 31.1 Å². The van der Waals surface area contributed by atoms with Crippen LogP contribution in [-0.2, 0) is 28.6 Å². The lowest BCUT2D eigenvalue weighted by molar-refractivity contribution is -0.167. The van der Waals surface area contributed by atoms with E-state index < -0.39 is 6.10 Å². The first kappa shape index (κ1) is 78.3. The van der Waals surface area contributed by atoms with Gasteiger partial charge in [0.2, 0.25) is 0 Å². The molecule has 0 fully saturated rings. The second kappa shape index (κ2) is 69.8. The van der Waals surface area contributed by atoms with Crippen LogP contribution in [0.4, 0.5) is 0 Å². The van der Waals surface area contributed by atoms with Crippen molar-refractivity contribution in [2.24, 2.45) is 0 Å². The number of rotatable bonds is 64. The maximum Gasteiger partial charge on any atom is 0.306 e. The minimum Gasteiger partial charge on any atom is -0.462 e. The van der Waals surface area contributed by atoms with E-state index >= 15 is 0 Å². The minimum absolute atomic E-state index is 0.0828. The summed E-state index contributed by atoms with van der Waals surface area (Å²) in [5.41, 5.74) is 0. The highest BCUT2D eigenvalue weighted by molar-refractivity contribution is 5.71. The Labute approximate surface area is 508 Å². The second-order valence-corrected chi connectivity index (χ2v) is 23.4. The number of carbonyl (C=O) groups excluding carboxylic acids is 3. The standard InChI is InChI=1S/C76H132O6/c1-4-7-10-13-16-19-22-25-27-29-31-33-34-35-36-37-38-39-40-41-42-43-45-46-48-51-54-57-60-63-66-69-75(78)81-72-73(71-80-74(77)68-65-62-59-56-53-50-24-21-18-15-12-9-6-3)82-76(79)70-67-64-61-58-55-52-49-47-44-32-30-28-26-23-20-17-14-11-8-5-2/h7,9-10,12,16,18-19,21,25,27,31,33,35-36,50,53,73H,4-6,8,11,13-15,17,20,22-24,26,28-30,32,34,37-49,51-52,54-72H2,1-3H3/b10-7-,12-9-,19-16-,21-18-,27-25-,33-31-,36-35-,53-50-. The van der Waals surface area contributed by atoms with E-state index in [9.17, 15) is 14.4 Å². The fourth-order valence-electron chi connectivity index (χ4n) is 10.1. The van der Waals surface area contributed by atoms with E-state index in [2.05, 4.69) is 118 Å². The van der Waals surface area contributed by atoms with Crippen LogP contribution in [0.15, 0.2) is 97.2 Å². The van der Waals surface area contributed by atoms with Crippen molar-refractivity contribution in [3.63, 3.8) is 0 Å². The Morgan fingerprint density at radius 3 is 0.756 bits per heavy atom. The molecule has 0 spiro atoms. The molecular weight excluding hydrogens is 1010 g/mol. The summed E-state index contributed by atoms with van der Waals surface area (Å²) in [5.74, 6) is -0.895. The molecule has 0 saturated carbocycles. The monoisotopic (exact) mass is 1140 g/mol. The zero-order chi connectivity index (χ0) is 59.2. The zero-order valence-corrected chi connectivity index (χ0v) is 54.2. The number of hydrogen-bond donors (Lipinski definition) is 0. The van der Waals surface area contributed by atoms with E-state index in [0.717, 1.165) is 116 Å². The first-order valence-electron chi connectivity index (χ1n) is 35.2. The van der Waals surface area contributed by atoms with Crippen molar-refractivity contribution in [3.8, 4) is 0 Å². The van der Waals surface area contributed by atoms with Crippen molar-refractivity contribution in [2.45, 2.75) is 354 Å². The molecule has 0 radical (unpaired) electrons. The molecule has 6 nitrogen and oxygen atoms in total. The van der Waals surface area contributed by atoms with E-state index in [0.29, 0.717) is 19.3 Å². The molecule has 0 N–H and O–H groups in total. The Bertz CT molecular complexity index is 1590. The number of unbranched alkanes of at least 4 members (excludes halogenated alkanes) is 37. The molecule has 0 aromatic heterocycles. The van der Waals surface area contributed by atoms with Crippen molar-refractivity contribution in [1.82, 2.24) is 0 Å². The van der Waals surface area contributed by atoms with Crippen LogP contribution in [0.1, 0.15) is 348 Å². The molecule has 0 aromatic rings. The summed E-state index contributed by atoms with van der Waals surface area (Å²) in [5, 5.41) is 0. The molecule has 1 unspecified atom stereocenters. The van der Waals surface area contributed by atoms with Gasteiger partial charge < -0.3 is 14.2 Å². The number of carbonyl (C=O) groups is 3. The van der Waals surface area contributed by atoms with Crippen LogP contribution in [0.3, 0.4) is 0 Å². The molecule has 6 heteroatoms. The van der Waals surface area contributed by atoms with Crippen molar-refractivity contribution < 1.29 is 28.6 Å². The fourth-order valence-corrected chi connectivity index (χ4v) is 10.1. The molecular formula is C76H132O6. The third-order valence-electron chi connectivity index (χ3n) is 15.3. The third-order valence-corrected chi connectivity index (χ3v) is 15.3. The van der Waals surface area contributed by atoms with Crippen molar-refractivity contribution in [1.29, 1.82) is 0 Å². The highest BCUT2D eigenvalue weighted by atomic mass is 16.6. The largest absolute Gasteiger partial charge is 0.462 e. The van der Waals surface area contributed by atoms with E-state index in [4.69, 9.17) is 14.2 Å². The molecule has 472 valence electrons. The topological polar surface area (TPSA) is 78.9 Å². The van der Waals surface area contributed by atoms with Gasteiger partial charge in [0.25, 0.3) is 0 Å². The van der Waals surface area contributed by atoms with E-state index in [1.807, 2.05) is 0 Å². The molecule has 0 aromatic carbocycles. The quantitative estimate of drug-likeness (QED) is 0.0261. The normalized spacial score (nSPS) is 12.7. The Balaban J connectivity index is 4.22. The van der Waals surface area contributed by atoms with E-state index in [1.165, 1.54) is 193 Å². The predicted octanol–water partition coefficient (Wildman–Crippen LogP) is 24.4. The molecule has 1 atom stereocenters. The zero-order valence-electron chi connectivity index (χ0n) is 54.2. The predicted molar refractivity (Wildman–Crippen MR) is 357 cm³/mol. The van der Waals surface area contributed by atoms with Crippen molar-refractivity contribution >= 4 is 17.9 Å². The van der Waals surface area contributed by atoms with Gasteiger partial charge >= 0.3 is 17.9 Å². The average molecular weight is 1140 g/mol. The molecule has 0 aliphatic carbocycles. The van der Waals surface area contributed by atoms with E-state index in [1.54, 1.807) is 0 Å². The molecule has 0 aliphatic heterocycles. The summed E-state index contributed by atoms with van der Waals surface area (Å²) < 4.78 is 17.0. The minimum atomic E-state index is -0.788. The molecule has 0 heterocycles. The highest BCUT2D eigenvalue weighted by Gasteiger charge is 2.19. The van der Waals surface area contributed by atoms with Crippen LogP contribution in [0, 0.1) is 0 Å². The smallest absolute Gasteiger partial charge is 0.306 e. The Morgan fingerprint density at radius 1 is 0.256 bits per heavy atom. The third kappa shape index (κ3) is 67.1. The Morgan fingerprint density at radius 2 is 0.476 bits per heavy atom. The lowest BCUT2D eigenvalue weighted by Crippen LogP contribution is -2.30. The first-order chi connectivity index (χ1) is 40.5. The maximum atomic E-state index is 12.9. The maximum absolute atomic E-state index is 12.9. The van der Waals surface area contributed by atoms with Crippen LogP contribution in [0.2, 0.25) is 0 Å². The van der Waals surface area contributed by atoms with Gasteiger partial charge in [-0.1, -0.05) is 330 Å². The van der Waals surface area contributed by atoms with Crippen LogP contribution >= 0.6 is 0 Å². The van der Waals surface area contributed by atoms with Gasteiger partial charge in [-0.3, -0.25) is 14.4 Å². The summed E-state index contributed by atoms with van der Waals surface area (Å²) >= 11 is 0. The highest BCUT2D eigenvalue weighted by Crippen LogP contribution is 2.18. The lowest BCUT2D eigenvalue weighted by Gasteiger charge is -2.18. The Hall–Kier alpha value is -3.67. The summed E-state index contributed by atoms with van der Waals surface area (Å²) in [6, 6.07) is 0. The molecule has 0 saturated heterocycles. The number of hydrogen-bond acceptors (Lipinski definition) is 6. The SMILES string of the molecule is CC/C=C\C/C=C\C/C=C\C/C=C\C/C=C\CCCCCCCCCCCCCCCCCC(=O)OCC(COC(=O)CCCCC/C=C\C/C=C\C/C=C\CC)OC(=O)CCCCCCCCCCCCCCCCCCCCCC. The summed E-state index contributed by atoms with van der Waals surface area (Å²) in [6.45, 7) is 6.43. The van der Waals surface area contributed by atoms with Crippen LogP contribution < -0.4 is 0 Å². The lowest BCUT2D eigenvalue weighted by atomic mass is 10.0. The van der Waals surface area contributed by atoms with Gasteiger partial charge in [0, 0.05) is 19.3 Å². The van der Waals surface area contributed by atoms with Gasteiger partial charge in [0.15, 0.2) is 6.10 Å². The number of allylic oxidation sites excluding steroid dienone is 16. The van der Waals surface area contributed by atoms with Crippen LogP contribution in [-0.4, -0.2) is 37.2 Å². The molecule has 82 heavy (non-hydrogen) atoms. The Kier molecular flexibility index (Phi) is 66.7. The fraction of sp³-hybridized carbons (Fsp3) is 0.750. The molecule has 0 bridgehead atoms. The average Bonchev–Trinajstić information content (AvgIpc) is 3.47. The van der Waals surface area contributed by atoms with Gasteiger partial charge in [-0.15, -0.1) is 0 Å². The molecule has 0 amide bonds. The van der Waals surface area contributed by atoms with Crippen molar-refractivity contribution in [2.75, 3.05) is 13.2 Å². The second-order valence-electron chi connectivity index (χ2n) is 23.4. The summed E-state index contributed by atoms with van der Waals surface area (Å²) in [4.78, 5) is 38.4. The first-order valence-corrected chi connectivity index (χ1v) is 35.2. The van der Waals surface area contributed by atoms with Crippen LogP contribution in [0.25, 0.3) is 0 Å². The molecule has 0 aliphatic rings. The van der Waals surface area contributed by atoms with Crippen molar-refractivity contribution in [3.05, 3.63) is 97.2 Å². The van der Waals surface area contributed by atoms with Gasteiger partial charge in [-0.05, 0) is 96.3 Å². The van der Waals surface area contributed by atoms with Gasteiger partial charge in [-0.2, -0.15) is 0 Å². The van der Waals surface area contributed by atoms with Gasteiger partial charge in [0.05, 0.1) is 0 Å². The van der Waals surface area contributed by atoms with Gasteiger partial charge in [-0.25, -0.2) is 0 Å².